The number of amidine groups is 2. The summed E-state index contributed by atoms with van der Waals surface area (Å²) in [4.78, 5) is 0. The summed E-state index contributed by atoms with van der Waals surface area (Å²) in [5.41, 5.74) is 21.8. The lowest BCUT2D eigenvalue weighted by atomic mass is 10.1. The first-order chi connectivity index (χ1) is 12.5. The molecule has 2 aromatic carbocycles. The van der Waals surface area contributed by atoms with Crippen molar-refractivity contribution < 1.29 is 11.0 Å². The van der Waals surface area contributed by atoms with Crippen molar-refractivity contribution >= 4 is 67.3 Å². The fraction of sp³-hybridized carbons (Fsp3) is 0. The molecular formula is C17H26Cl3N9O2. The van der Waals surface area contributed by atoms with Gasteiger partial charge in [0.2, 0.25) is 5.96 Å². The van der Waals surface area contributed by atoms with Crippen LogP contribution in [0.2, 0.25) is 0 Å². The molecule has 0 aliphatic rings. The number of hydrogen-bond acceptors (Lipinski definition) is 5. The molecule has 13 N–H and O–H groups in total. The number of rotatable bonds is 6. The standard InChI is InChI=1S/C17H19N9.3ClH.2H2O/c18-15(19)13-5-1-3-11(7-13)9-23-25-17(22)26-24-10-12-4-2-6-14(8-12)16(20)21;;;;;/h1-10H,(H3,18,19)(H3,20,21)(H3,22,25,26);3*1H;2*1H2. The quantitative estimate of drug-likeness (QED) is 0.186. The predicted octanol–water partition coefficient (Wildman–Crippen LogP) is 0.143. The zero-order valence-electron chi connectivity index (χ0n) is 16.1. The van der Waals surface area contributed by atoms with E-state index in [9.17, 15) is 0 Å². The summed E-state index contributed by atoms with van der Waals surface area (Å²) in [6.45, 7) is 0. The number of nitrogens with two attached hydrogens (primary N) is 3. The molecule has 0 atom stereocenters. The van der Waals surface area contributed by atoms with Crippen molar-refractivity contribution in [3.05, 3.63) is 70.8 Å². The van der Waals surface area contributed by atoms with Gasteiger partial charge in [0.1, 0.15) is 11.7 Å². The maximum Gasteiger partial charge on any atom is 0.234 e. The average Bonchev–Trinajstić information content (AvgIpc) is 2.62. The second kappa shape index (κ2) is 17.6. The molecule has 0 aromatic heterocycles. The number of guanidine groups is 1. The van der Waals surface area contributed by atoms with E-state index in [0.717, 1.165) is 11.1 Å². The Morgan fingerprint density at radius 3 is 1.68 bits per heavy atom. The molecular weight excluding hydrogens is 469 g/mol. The fourth-order valence-corrected chi connectivity index (χ4v) is 1.93. The second-order valence-electron chi connectivity index (χ2n) is 5.18. The van der Waals surface area contributed by atoms with Gasteiger partial charge in [-0.25, -0.2) is 5.43 Å². The van der Waals surface area contributed by atoms with E-state index < -0.39 is 0 Å². The molecule has 172 valence electrons. The molecule has 0 unspecified atom stereocenters. The number of halogens is 3. The van der Waals surface area contributed by atoms with Crippen LogP contribution in [0.3, 0.4) is 0 Å². The third-order valence-corrected chi connectivity index (χ3v) is 3.16. The van der Waals surface area contributed by atoms with E-state index in [1.54, 1.807) is 42.5 Å². The Balaban J connectivity index is -0.000000729. The summed E-state index contributed by atoms with van der Waals surface area (Å²) in [5, 5.41) is 26.4. The van der Waals surface area contributed by atoms with Crippen LogP contribution >= 0.6 is 37.2 Å². The van der Waals surface area contributed by atoms with Gasteiger partial charge in [0.05, 0.1) is 12.4 Å². The van der Waals surface area contributed by atoms with Crippen molar-refractivity contribution in [2.45, 2.75) is 0 Å². The third kappa shape index (κ3) is 12.2. The van der Waals surface area contributed by atoms with Crippen LogP contribution in [0.4, 0.5) is 0 Å². The zero-order valence-corrected chi connectivity index (χ0v) is 18.5. The van der Waals surface area contributed by atoms with E-state index in [4.69, 9.17) is 28.0 Å². The minimum absolute atomic E-state index is 0. The fourth-order valence-electron chi connectivity index (χ4n) is 1.93. The van der Waals surface area contributed by atoms with Gasteiger partial charge in [0.25, 0.3) is 0 Å². The predicted molar refractivity (Wildman–Crippen MR) is 134 cm³/mol. The first-order valence-corrected chi connectivity index (χ1v) is 7.50. The number of nitrogens with one attached hydrogen (secondary N) is 3. The van der Waals surface area contributed by atoms with Crippen molar-refractivity contribution in [3.8, 4) is 0 Å². The number of hydrazone groups is 1. The second-order valence-corrected chi connectivity index (χ2v) is 5.18. The molecule has 0 saturated heterocycles. The Hall–Kier alpha value is -3.22. The van der Waals surface area contributed by atoms with Gasteiger partial charge in [-0.3, -0.25) is 10.8 Å². The Bertz CT molecular complexity index is 921. The van der Waals surface area contributed by atoms with E-state index in [1.165, 1.54) is 12.4 Å². The SMILES string of the molecule is Cl.Cl.Cl.N=C(N)c1cccc(C=NN=C(N)NN=Cc2cccc(C(=N)N)c2)c1.O.O. The van der Waals surface area contributed by atoms with Crippen LogP contribution in [-0.2, 0) is 0 Å². The lowest BCUT2D eigenvalue weighted by molar-refractivity contribution is 0.823. The number of nitrogens with zero attached hydrogens (tertiary/aromatic N) is 3. The molecule has 0 aliphatic carbocycles. The summed E-state index contributed by atoms with van der Waals surface area (Å²) >= 11 is 0. The summed E-state index contributed by atoms with van der Waals surface area (Å²) in [6.07, 6.45) is 3.01. The van der Waals surface area contributed by atoms with Crippen LogP contribution in [0.15, 0.2) is 63.8 Å². The van der Waals surface area contributed by atoms with Crippen LogP contribution in [0.5, 0.6) is 0 Å². The molecule has 14 heteroatoms. The molecule has 31 heavy (non-hydrogen) atoms. The normalized spacial score (nSPS) is 9.87. The van der Waals surface area contributed by atoms with Gasteiger partial charge >= 0.3 is 0 Å². The summed E-state index contributed by atoms with van der Waals surface area (Å²) in [7, 11) is 0. The molecule has 0 radical (unpaired) electrons. The van der Waals surface area contributed by atoms with E-state index in [1.807, 2.05) is 6.07 Å². The van der Waals surface area contributed by atoms with Crippen LogP contribution in [0.1, 0.15) is 22.3 Å². The maximum absolute atomic E-state index is 7.40. The van der Waals surface area contributed by atoms with Crippen molar-refractivity contribution in [3.63, 3.8) is 0 Å². The van der Waals surface area contributed by atoms with Gasteiger partial charge in [-0.1, -0.05) is 36.4 Å². The molecule has 11 nitrogen and oxygen atoms in total. The lowest BCUT2D eigenvalue weighted by Gasteiger charge is -2.00. The largest absolute Gasteiger partial charge is 0.412 e. The molecule has 0 heterocycles. The molecule has 2 rings (SSSR count). The Kier molecular flexibility index (Phi) is 20.0. The molecule has 0 fully saturated rings. The topological polar surface area (TPSA) is 238 Å². The van der Waals surface area contributed by atoms with Crippen molar-refractivity contribution in [1.82, 2.24) is 5.43 Å². The highest BCUT2D eigenvalue weighted by atomic mass is 35.5. The zero-order chi connectivity index (χ0) is 18.9. The van der Waals surface area contributed by atoms with Crippen molar-refractivity contribution in [2.75, 3.05) is 0 Å². The summed E-state index contributed by atoms with van der Waals surface area (Å²) < 4.78 is 0. The lowest BCUT2D eigenvalue weighted by Crippen LogP contribution is -2.26. The van der Waals surface area contributed by atoms with Gasteiger partial charge in [-0.05, 0) is 23.3 Å². The van der Waals surface area contributed by atoms with E-state index in [0.29, 0.717) is 11.1 Å². The Morgan fingerprint density at radius 2 is 1.23 bits per heavy atom. The van der Waals surface area contributed by atoms with Crippen LogP contribution < -0.4 is 22.6 Å². The van der Waals surface area contributed by atoms with Gasteiger partial charge in [0.15, 0.2) is 0 Å². The highest BCUT2D eigenvalue weighted by Gasteiger charge is 1.97. The molecule has 0 bridgehead atoms. The van der Waals surface area contributed by atoms with Crippen molar-refractivity contribution in [2.24, 2.45) is 32.5 Å². The number of nitrogen functional groups attached to an aromatic ring is 2. The smallest absolute Gasteiger partial charge is 0.234 e. The van der Waals surface area contributed by atoms with Crippen molar-refractivity contribution in [1.29, 1.82) is 10.8 Å². The number of hydrogen-bond donors (Lipinski definition) is 6. The third-order valence-electron chi connectivity index (χ3n) is 3.16. The van der Waals surface area contributed by atoms with E-state index in [2.05, 4.69) is 20.7 Å². The molecule has 2 aromatic rings. The Labute approximate surface area is 197 Å². The highest BCUT2D eigenvalue weighted by Crippen LogP contribution is 2.03. The highest BCUT2D eigenvalue weighted by molar-refractivity contribution is 5.97. The van der Waals surface area contributed by atoms with Gasteiger partial charge in [0, 0.05) is 11.1 Å². The van der Waals surface area contributed by atoms with E-state index >= 15 is 0 Å². The van der Waals surface area contributed by atoms with Crippen LogP contribution in [-0.4, -0.2) is 41.0 Å². The Morgan fingerprint density at radius 1 is 0.774 bits per heavy atom. The molecule has 0 saturated carbocycles. The molecule has 0 amide bonds. The van der Waals surface area contributed by atoms with Gasteiger partial charge in [-0.2, -0.15) is 10.2 Å². The minimum Gasteiger partial charge on any atom is -0.412 e. The molecule has 0 aliphatic heterocycles. The maximum atomic E-state index is 7.40. The van der Waals surface area contributed by atoms with Gasteiger partial charge < -0.3 is 28.2 Å². The summed E-state index contributed by atoms with van der Waals surface area (Å²) in [6, 6.07) is 14.1. The monoisotopic (exact) mass is 493 g/mol. The van der Waals surface area contributed by atoms with Crippen LogP contribution in [0, 0.1) is 10.8 Å². The average molecular weight is 495 g/mol. The first-order valence-electron chi connectivity index (χ1n) is 7.50. The van der Waals surface area contributed by atoms with E-state index in [-0.39, 0.29) is 65.8 Å². The minimum atomic E-state index is -0.0203. The first kappa shape index (κ1) is 35.2. The van der Waals surface area contributed by atoms with Crippen LogP contribution in [0.25, 0.3) is 0 Å². The summed E-state index contributed by atoms with van der Waals surface area (Å²) in [5.74, 6) is -0.0338. The number of benzene rings is 2. The van der Waals surface area contributed by atoms with Gasteiger partial charge in [-0.15, -0.1) is 42.3 Å². The molecule has 0 spiro atoms.